The van der Waals surface area contributed by atoms with E-state index in [1.807, 2.05) is 19.9 Å². The van der Waals surface area contributed by atoms with E-state index in [1.54, 1.807) is 0 Å². The Hall–Kier alpha value is -1.33. The Morgan fingerprint density at radius 2 is 1.96 bits per heavy atom. The summed E-state index contributed by atoms with van der Waals surface area (Å²) in [5, 5.41) is 13.1. The van der Waals surface area contributed by atoms with Crippen LogP contribution in [0.3, 0.4) is 0 Å². The minimum Gasteiger partial charge on any atom is -0.390 e. The first-order valence-electron chi connectivity index (χ1n) is 9.16. The van der Waals surface area contributed by atoms with Crippen molar-refractivity contribution in [2.24, 2.45) is 5.92 Å². The molecule has 1 atom stereocenters. The predicted molar refractivity (Wildman–Crippen MR) is 97.5 cm³/mol. The number of β-amino-alcohol motifs (C(OH)–C–C–N with tert-alkyl or cyclic N) is 1. The van der Waals surface area contributed by atoms with Gasteiger partial charge in [0.2, 0.25) is 0 Å². The number of piperidine rings is 1. The summed E-state index contributed by atoms with van der Waals surface area (Å²) in [4.78, 5) is 14.7. The minimum atomic E-state index is -0.518. The summed E-state index contributed by atoms with van der Waals surface area (Å²) >= 11 is 0. The number of aliphatic hydroxyl groups is 1. The Balaban J connectivity index is 1.85. The lowest BCUT2D eigenvalue weighted by molar-refractivity contribution is 0.0795. The lowest BCUT2D eigenvalue weighted by atomic mass is 9.99. The molecule has 5 nitrogen and oxygen atoms in total. The highest BCUT2D eigenvalue weighted by Gasteiger charge is 2.20. The Bertz CT molecular complexity index is 557. The second kappa shape index (κ2) is 8.17. The van der Waals surface area contributed by atoms with Gasteiger partial charge in [-0.2, -0.15) is 0 Å². The Morgan fingerprint density at radius 1 is 1.33 bits per heavy atom. The summed E-state index contributed by atoms with van der Waals surface area (Å²) < 4.78 is 2.17. The number of aryl methyl sites for hydroxylation is 1. The van der Waals surface area contributed by atoms with E-state index in [9.17, 15) is 9.90 Å². The van der Waals surface area contributed by atoms with Crippen LogP contribution < -0.4 is 5.32 Å². The molecule has 2 N–H and O–H groups in total. The molecule has 5 heteroatoms. The highest BCUT2D eigenvalue weighted by molar-refractivity contribution is 5.95. The van der Waals surface area contributed by atoms with E-state index >= 15 is 0 Å². The van der Waals surface area contributed by atoms with Gasteiger partial charge in [0, 0.05) is 30.5 Å². The number of nitrogens with zero attached hydrogens (tertiary/aromatic N) is 2. The SMILES string of the molecule is Cc1cc(C(=O)NCC(O)CN2CCC(C)CC2)c(C)n1C(C)C. The van der Waals surface area contributed by atoms with Crippen LogP contribution in [0.15, 0.2) is 6.07 Å². The van der Waals surface area contributed by atoms with Crippen molar-refractivity contribution in [1.82, 2.24) is 14.8 Å². The number of hydrogen-bond donors (Lipinski definition) is 2. The van der Waals surface area contributed by atoms with Crippen molar-refractivity contribution in [3.8, 4) is 0 Å². The lowest BCUT2D eigenvalue weighted by Crippen LogP contribution is -2.43. The zero-order valence-electron chi connectivity index (χ0n) is 15.8. The van der Waals surface area contributed by atoms with E-state index in [0.29, 0.717) is 24.7 Å². The van der Waals surface area contributed by atoms with Gasteiger partial charge in [0.05, 0.1) is 11.7 Å². The predicted octanol–water partition coefficient (Wildman–Crippen LogP) is 2.51. The van der Waals surface area contributed by atoms with Crippen LogP contribution in [0.1, 0.15) is 61.4 Å². The maximum atomic E-state index is 12.4. The number of carbonyl (C=O) groups is 1. The molecule has 1 aromatic rings. The number of nitrogens with one attached hydrogen (secondary N) is 1. The fraction of sp³-hybridized carbons (Fsp3) is 0.737. The maximum absolute atomic E-state index is 12.4. The monoisotopic (exact) mass is 335 g/mol. The molecule has 2 rings (SSSR count). The Morgan fingerprint density at radius 3 is 2.50 bits per heavy atom. The number of hydrogen-bond acceptors (Lipinski definition) is 3. The number of rotatable bonds is 6. The third-order valence-corrected chi connectivity index (χ3v) is 5.09. The first-order valence-corrected chi connectivity index (χ1v) is 9.16. The summed E-state index contributed by atoms with van der Waals surface area (Å²) in [6.07, 6.45) is 1.87. The number of aliphatic hydroxyl groups excluding tert-OH is 1. The zero-order valence-corrected chi connectivity index (χ0v) is 15.8. The molecule has 2 heterocycles. The second-order valence-corrected chi connectivity index (χ2v) is 7.60. The van der Waals surface area contributed by atoms with E-state index in [0.717, 1.165) is 30.4 Å². The lowest BCUT2D eigenvalue weighted by Gasteiger charge is -2.31. The largest absolute Gasteiger partial charge is 0.390 e. The van der Waals surface area contributed by atoms with E-state index in [-0.39, 0.29) is 5.91 Å². The number of likely N-dealkylation sites (tertiary alicyclic amines) is 1. The van der Waals surface area contributed by atoms with Crippen molar-refractivity contribution in [2.75, 3.05) is 26.2 Å². The molecule has 1 saturated heterocycles. The van der Waals surface area contributed by atoms with E-state index in [2.05, 4.69) is 35.6 Å². The summed E-state index contributed by atoms with van der Waals surface area (Å²) in [7, 11) is 0. The highest BCUT2D eigenvalue weighted by Crippen LogP contribution is 2.20. The molecule has 0 aliphatic carbocycles. The Labute approximate surface area is 146 Å². The fourth-order valence-corrected chi connectivity index (χ4v) is 3.71. The summed E-state index contributed by atoms with van der Waals surface area (Å²) in [6, 6.07) is 2.27. The van der Waals surface area contributed by atoms with Crippen LogP contribution in [0.25, 0.3) is 0 Å². The summed E-state index contributed by atoms with van der Waals surface area (Å²) in [6.45, 7) is 13.5. The Kier molecular flexibility index (Phi) is 6.47. The van der Waals surface area contributed by atoms with Crippen LogP contribution in [-0.4, -0.2) is 52.8 Å². The van der Waals surface area contributed by atoms with Crippen molar-refractivity contribution in [1.29, 1.82) is 0 Å². The molecule has 24 heavy (non-hydrogen) atoms. The van der Waals surface area contributed by atoms with Crippen LogP contribution in [0.2, 0.25) is 0 Å². The van der Waals surface area contributed by atoms with Gasteiger partial charge >= 0.3 is 0 Å². The van der Waals surface area contributed by atoms with Crippen molar-refractivity contribution in [3.05, 3.63) is 23.0 Å². The molecule has 0 saturated carbocycles. The molecule has 1 aromatic heterocycles. The van der Waals surface area contributed by atoms with Gasteiger partial charge in [0.15, 0.2) is 0 Å². The van der Waals surface area contributed by atoms with Gasteiger partial charge in [-0.15, -0.1) is 0 Å². The number of amides is 1. The second-order valence-electron chi connectivity index (χ2n) is 7.60. The molecule has 0 spiro atoms. The van der Waals surface area contributed by atoms with Gasteiger partial charge in [0.1, 0.15) is 0 Å². The van der Waals surface area contributed by atoms with Gasteiger partial charge in [-0.1, -0.05) is 6.92 Å². The van der Waals surface area contributed by atoms with Crippen LogP contribution in [-0.2, 0) is 0 Å². The normalized spacial score (nSPS) is 18.1. The van der Waals surface area contributed by atoms with E-state index in [4.69, 9.17) is 0 Å². The molecule has 0 radical (unpaired) electrons. The van der Waals surface area contributed by atoms with Crippen LogP contribution in [0, 0.1) is 19.8 Å². The minimum absolute atomic E-state index is 0.0960. The van der Waals surface area contributed by atoms with E-state index in [1.165, 1.54) is 12.8 Å². The van der Waals surface area contributed by atoms with Crippen molar-refractivity contribution in [2.45, 2.75) is 59.6 Å². The molecule has 136 valence electrons. The molecular formula is C19H33N3O2. The molecule has 1 aliphatic rings. The molecule has 1 fully saturated rings. The average Bonchev–Trinajstić information content (AvgIpc) is 2.82. The standard InChI is InChI=1S/C19H33N3O2/c1-13(2)22-15(4)10-18(16(22)5)19(24)20-11-17(23)12-21-8-6-14(3)7-9-21/h10,13-14,17,23H,6-9,11-12H2,1-5H3,(H,20,24). The molecule has 1 amide bonds. The maximum Gasteiger partial charge on any atom is 0.253 e. The van der Waals surface area contributed by atoms with Crippen LogP contribution in [0.4, 0.5) is 0 Å². The summed E-state index contributed by atoms with van der Waals surface area (Å²) in [5.41, 5.74) is 2.79. The summed E-state index contributed by atoms with van der Waals surface area (Å²) in [5.74, 6) is 0.690. The third-order valence-electron chi connectivity index (χ3n) is 5.09. The molecule has 1 aliphatic heterocycles. The van der Waals surface area contributed by atoms with Crippen molar-refractivity contribution < 1.29 is 9.90 Å². The highest BCUT2D eigenvalue weighted by atomic mass is 16.3. The molecule has 0 aromatic carbocycles. The first-order chi connectivity index (χ1) is 11.3. The first kappa shape index (κ1) is 19.0. The van der Waals surface area contributed by atoms with Gasteiger partial charge in [-0.25, -0.2) is 0 Å². The zero-order chi connectivity index (χ0) is 17.9. The molecule has 1 unspecified atom stereocenters. The fourth-order valence-electron chi connectivity index (χ4n) is 3.71. The van der Waals surface area contributed by atoms with Gasteiger partial charge in [-0.05, 0) is 65.6 Å². The third kappa shape index (κ3) is 4.61. The average molecular weight is 335 g/mol. The van der Waals surface area contributed by atoms with Crippen molar-refractivity contribution >= 4 is 5.91 Å². The van der Waals surface area contributed by atoms with Gasteiger partial charge in [0.25, 0.3) is 5.91 Å². The number of aromatic nitrogens is 1. The van der Waals surface area contributed by atoms with Crippen LogP contribution in [0.5, 0.6) is 0 Å². The smallest absolute Gasteiger partial charge is 0.253 e. The van der Waals surface area contributed by atoms with Gasteiger partial charge < -0.3 is 19.9 Å². The van der Waals surface area contributed by atoms with Crippen molar-refractivity contribution in [3.63, 3.8) is 0 Å². The quantitative estimate of drug-likeness (QED) is 0.840. The van der Waals surface area contributed by atoms with Gasteiger partial charge in [-0.3, -0.25) is 4.79 Å². The topological polar surface area (TPSA) is 57.5 Å². The van der Waals surface area contributed by atoms with Crippen LogP contribution >= 0.6 is 0 Å². The number of carbonyl (C=O) groups excluding carboxylic acids is 1. The van der Waals surface area contributed by atoms with E-state index < -0.39 is 6.10 Å². The molecule has 0 bridgehead atoms. The molecular weight excluding hydrogens is 302 g/mol.